The normalized spacial score (nSPS) is 18.2. The Hall–Kier alpha value is -1.95. The fourth-order valence-corrected chi connectivity index (χ4v) is 2.61. The molecule has 114 valence electrons. The first-order valence-electron chi connectivity index (χ1n) is 7.32. The van der Waals surface area contributed by atoms with Gasteiger partial charge in [0.25, 0.3) is 5.69 Å². The summed E-state index contributed by atoms with van der Waals surface area (Å²) < 4.78 is 0. The van der Waals surface area contributed by atoms with E-state index in [9.17, 15) is 14.9 Å². The van der Waals surface area contributed by atoms with Gasteiger partial charge >= 0.3 is 0 Å². The summed E-state index contributed by atoms with van der Waals surface area (Å²) >= 11 is 0. The summed E-state index contributed by atoms with van der Waals surface area (Å²) in [4.78, 5) is 22.4. The summed E-state index contributed by atoms with van der Waals surface area (Å²) in [5.74, 6) is 0.468. The van der Waals surface area contributed by atoms with Gasteiger partial charge in [-0.3, -0.25) is 14.9 Å². The minimum atomic E-state index is -0.432. The smallest absolute Gasteiger partial charge is 0.274 e. The molecule has 1 aromatic carbocycles. The number of rotatable bonds is 5. The lowest BCUT2D eigenvalue weighted by Crippen LogP contribution is -2.30. The van der Waals surface area contributed by atoms with Crippen molar-refractivity contribution in [3.8, 4) is 0 Å². The molecule has 6 heteroatoms. The molecule has 0 aromatic heterocycles. The Morgan fingerprint density at radius 3 is 3.00 bits per heavy atom. The van der Waals surface area contributed by atoms with E-state index in [1.165, 1.54) is 6.07 Å². The van der Waals surface area contributed by atoms with Gasteiger partial charge in [-0.15, -0.1) is 0 Å². The van der Waals surface area contributed by atoms with Crippen LogP contribution in [0.15, 0.2) is 18.2 Å². The molecule has 1 atom stereocenters. The summed E-state index contributed by atoms with van der Waals surface area (Å²) in [6.07, 6.45) is 3.63. The zero-order chi connectivity index (χ0) is 15.2. The van der Waals surface area contributed by atoms with Gasteiger partial charge < -0.3 is 10.6 Å². The van der Waals surface area contributed by atoms with Crippen LogP contribution in [0.2, 0.25) is 0 Å². The summed E-state index contributed by atoms with van der Waals surface area (Å²) in [5.41, 5.74) is 1.11. The Labute approximate surface area is 124 Å². The number of aryl methyl sites for hydroxylation is 1. The van der Waals surface area contributed by atoms with Crippen LogP contribution < -0.4 is 10.6 Å². The van der Waals surface area contributed by atoms with E-state index in [-0.39, 0.29) is 11.6 Å². The zero-order valence-corrected chi connectivity index (χ0v) is 12.2. The summed E-state index contributed by atoms with van der Waals surface area (Å²) in [5, 5.41) is 16.9. The maximum Gasteiger partial charge on any atom is 0.274 e. The Morgan fingerprint density at radius 2 is 2.33 bits per heavy atom. The molecular formula is C15H21N3O3. The molecule has 2 rings (SSSR count). The number of nitrogens with one attached hydrogen (secondary N) is 2. The SMILES string of the molecule is Cc1ccc(NC(=O)CCC2CCCNC2)cc1[N+](=O)[O-]. The molecule has 6 nitrogen and oxygen atoms in total. The van der Waals surface area contributed by atoms with Crippen molar-refractivity contribution < 1.29 is 9.72 Å². The summed E-state index contributed by atoms with van der Waals surface area (Å²) in [6, 6.07) is 4.76. The van der Waals surface area contributed by atoms with Crippen LogP contribution in [0.5, 0.6) is 0 Å². The lowest BCUT2D eigenvalue weighted by Gasteiger charge is -2.22. The molecule has 1 heterocycles. The van der Waals surface area contributed by atoms with Crippen molar-refractivity contribution in [1.82, 2.24) is 5.32 Å². The first-order chi connectivity index (χ1) is 10.1. The number of carbonyl (C=O) groups excluding carboxylic acids is 1. The first-order valence-corrected chi connectivity index (χ1v) is 7.32. The number of anilines is 1. The highest BCUT2D eigenvalue weighted by Crippen LogP contribution is 2.23. The Morgan fingerprint density at radius 1 is 1.52 bits per heavy atom. The standard InChI is InChI=1S/C15H21N3O3/c1-11-4-6-13(9-14(11)18(20)21)17-15(19)7-5-12-3-2-8-16-10-12/h4,6,9,12,16H,2-3,5,7-8,10H2,1H3,(H,17,19). The average molecular weight is 291 g/mol. The molecule has 1 unspecified atom stereocenters. The van der Waals surface area contributed by atoms with Crippen LogP contribution in [-0.2, 0) is 4.79 Å². The number of hydrogen-bond donors (Lipinski definition) is 2. The molecule has 1 fully saturated rings. The van der Waals surface area contributed by atoms with Crippen LogP contribution >= 0.6 is 0 Å². The molecule has 0 aliphatic carbocycles. The lowest BCUT2D eigenvalue weighted by molar-refractivity contribution is -0.385. The topological polar surface area (TPSA) is 84.3 Å². The first kappa shape index (κ1) is 15.4. The number of hydrogen-bond acceptors (Lipinski definition) is 4. The molecule has 21 heavy (non-hydrogen) atoms. The number of carbonyl (C=O) groups is 1. The molecule has 0 saturated carbocycles. The number of nitro groups is 1. The van der Waals surface area contributed by atoms with E-state index in [1.807, 2.05) is 0 Å². The minimum Gasteiger partial charge on any atom is -0.326 e. The van der Waals surface area contributed by atoms with Crippen molar-refractivity contribution in [2.24, 2.45) is 5.92 Å². The Bertz CT molecular complexity index is 525. The van der Waals surface area contributed by atoms with Crippen LogP contribution in [0, 0.1) is 23.0 Å². The van der Waals surface area contributed by atoms with Crippen LogP contribution in [0.25, 0.3) is 0 Å². The Balaban J connectivity index is 1.87. The zero-order valence-electron chi connectivity index (χ0n) is 12.2. The van der Waals surface area contributed by atoms with Gasteiger partial charge in [0.1, 0.15) is 0 Å². The van der Waals surface area contributed by atoms with Crippen LogP contribution in [0.4, 0.5) is 11.4 Å². The van der Waals surface area contributed by atoms with E-state index >= 15 is 0 Å². The molecule has 2 N–H and O–H groups in total. The number of piperidine rings is 1. The predicted molar refractivity (Wildman–Crippen MR) is 81.3 cm³/mol. The number of nitro benzene ring substituents is 1. The van der Waals surface area contributed by atoms with E-state index in [2.05, 4.69) is 10.6 Å². The highest BCUT2D eigenvalue weighted by Gasteiger charge is 2.15. The fraction of sp³-hybridized carbons (Fsp3) is 0.533. The van der Waals surface area contributed by atoms with Gasteiger partial charge in [-0.1, -0.05) is 6.07 Å². The predicted octanol–water partition coefficient (Wildman–Crippen LogP) is 2.62. The van der Waals surface area contributed by atoms with Gasteiger partial charge in [-0.2, -0.15) is 0 Å². The minimum absolute atomic E-state index is 0.0317. The van der Waals surface area contributed by atoms with Gasteiger partial charge in [-0.05, 0) is 51.3 Å². The second-order valence-corrected chi connectivity index (χ2v) is 5.56. The molecule has 1 amide bonds. The van der Waals surface area contributed by atoms with Gasteiger partial charge in [0.2, 0.25) is 5.91 Å². The van der Waals surface area contributed by atoms with Crippen LogP contribution in [-0.4, -0.2) is 23.9 Å². The van der Waals surface area contributed by atoms with E-state index in [0.29, 0.717) is 23.6 Å². The van der Waals surface area contributed by atoms with Crippen LogP contribution in [0.3, 0.4) is 0 Å². The van der Waals surface area contributed by atoms with E-state index in [1.54, 1.807) is 19.1 Å². The lowest BCUT2D eigenvalue weighted by atomic mass is 9.94. The third-order valence-electron chi connectivity index (χ3n) is 3.87. The van der Waals surface area contributed by atoms with Gasteiger partial charge in [-0.25, -0.2) is 0 Å². The quantitative estimate of drug-likeness (QED) is 0.645. The summed E-state index contributed by atoms with van der Waals surface area (Å²) in [6.45, 7) is 3.72. The van der Waals surface area contributed by atoms with Gasteiger partial charge in [0.15, 0.2) is 0 Å². The van der Waals surface area contributed by atoms with Crippen LogP contribution in [0.1, 0.15) is 31.2 Å². The monoisotopic (exact) mass is 291 g/mol. The number of amides is 1. The molecule has 1 aromatic rings. The molecule has 1 aliphatic rings. The third-order valence-corrected chi connectivity index (χ3v) is 3.87. The number of nitrogens with zero attached hydrogens (tertiary/aromatic N) is 1. The Kier molecular flexibility index (Phi) is 5.27. The highest BCUT2D eigenvalue weighted by molar-refractivity contribution is 5.91. The summed E-state index contributed by atoms with van der Waals surface area (Å²) in [7, 11) is 0. The molecule has 0 radical (unpaired) electrons. The van der Waals surface area contributed by atoms with E-state index in [4.69, 9.17) is 0 Å². The second-order valence-electron chi connectivity index (χ2n) is 5.56. The van der Waals surface area contributed by atoms with Crippen molar-refractivity contribution in [1.29, 1.82) is 0 Å². The average Bonchev–Trinajstić information content (AvgIpc) is 2.48. The van der Waals surface area contributed by atoms with E-state index < -0.39 is 4.92 Å². The van der Waals surface area contributed by atoms with Crippen molar-refractivity contribution in [2.45, 2.75) is 32.6 Å². The second kappa shape index (κ2) is 7.17. The maximum atomic E-state index is 11.9. The molecular weight excluding hydrogens is 270 g/mol. The molecule has 1 aliphatic heterocycles. The molecule has 1 saturated heterocycles. The third kappa shape index (κ3) is 4.53. The highest BCUT2D eigenvalue weighted by atomic mass is 16.6. The maximum absolute atomic E-state index is 11.9. The largest absolute Gasteiger partial charge is 0.326 e. The van der Waals surface area contributed by atoms with Crippen molar-refractivity contribution in [2.75, 3.05) is 18.4 Å². The van der Waals surface area contributed by atoms with Crippen molar-refractivity contribution >= 4 is 17.3 Å². The van der Waals surface area contributed by atoms with E-state index in [0.717, 1.165) is 32.4 Å². The molecule has 0 spiro atoms. The fourth-order valence-electron chi connectivity index (χ4n) is 2.61. The van der Waals surface area contributed by atoms with Gasteiger partial charge in [0.05, 0.1) is 4.92 Å². The van der Waals surface area contributed by atoms with Crippen molar-refractivity contribution in [3.63, 3.8) is 0 Å². The van der Waals surface area contributed by atoms with Crippen molar-refractivity contribution in [3.05, 3.63) is 33.9 Å². The molecule has 0 bridgehead atoms. The number of benzene rings is 1. The van der Waals surface area contributed by atoms with Gasteiger partial charge in [0, 0.05) is 23.7 Å².